The normalized spacial score (nSPS) is 19.0. The summed E-state index contributed by atoms with van der Waals surface area (Å²) in [4.78, 5) is 3.95. The smallest absolute Gasteiger partial charge is 0.183 e. The number of rotatable bonds is 2. The molecule has 1 aliphatic rings. The molecule has 0 spiro atoms. The second kappa shape index (κ2) is 4.70. The van der Waals surface area contributed by atoms with Crippen LogP contribution in [0, 0.1) is 17.5 Å². The summed E-state index contributed by atoms with van der Waals surface area (Å²) in [6, 6.07) is 1.54. The van der Waals surface area contributed by atoms with E-state index < -0.39 is 17.5 Å². The Morgan fingerprint density at radius 2 is 2.11 bits per heavy atom. The molecule has 0 bridgehead atoms. The average molecular weight is 267 g/mol. The molecule has 0 amide bonds. The van der Waals surface area contributed by atoms with Gasteiger partial charge in [-0.3, -0.25) is 4.57 Å². The second-order valence-electron chi connectivity index (χ2n) is 4.56. The minimum atomic E-state index is -1.20. The summed E-state index contributed by atoms with van der Waals surface area (Å²) in [5.41, 5.74) is 0.556. The molecular formula is C13H12F3N3. The van der Waals surface area contributed by atoms with Crippen LogP contribution >= 0.6 is 0 Å². The van der Waals surface area contributed by atoms with Crippen LogP contribution in [-0.4, -0.2) is 16.1 Å². The third-order valence-corrected chi connectivity index (χ3v) is 3.32. The Hall–Kier alpha value is -1.82. The van der Waals surface area contributed by atoms with Gasteiger partial charge in [0.05, 0.1) is 23.9 Å². The Morgan fingerprint density at radius 1 is 1.26 bits per heavy atom. The van der Waals surface area contributed by atoms with Gasteiger partial charge in [-0.1, -0.05) is 0 Å². The molecule has 0 radical (unpaired) electrons. The fourth-order valence-electron chi connectivity index (χ4n) is 2.42. The van der Waals surface area contributed by atoms with Crippen molar-refractivity contribution in [2.24, 2.45) is 0 Å². The second-order valence-corrected chi connectivity index (χ2v) is 4.56. The monoisotopic (exact) mass is 267 g/mol. The molecule has 19 heavy (non-hydrogen) atoms. The fraction of sp³-hybridized carbons (Fsp3) is 0.308. The zero-order chi connectivity index (χ0) is 13.4. The van der Waals surface area contributed by atoms with Crippen molar-refractivity contribution in [1.29, 1.82) is 0 Å². The first-order valence-electron chi connectivity index (χ1n) is 6.07. The van der Waals surface area contributed by atoms with E-state index in [0.29, 0.717) is 11.8 Å². The molecule has 100 valence electrons. The van der Waals surface area contributed by atoms with Crippen LogP contribution in [0.1, 0.15) is 24.6 Å². The van der Waals surface area contributed by atoms with Crippen molar-refractivity contribution in [2.75, 3.05) is 6.54 Å². The molecule has 2 heterocycles. The van der Waals surface area contributed by atoms with Crippen molar-refractivity contribution in [3.63, 3.8) is 0 Å². The predicted molar refractivity (Wildman–Crippen MR) is 63.4 cm³/mol. The summed E-state index contributed by atoms with van der Waals surface area (Å²) in [6.45, 7) is 0.871. The number of aromatic nitrogens is 2. The quantitative estimate of drug-likeness (QED) is 0.848. The van der Waals surface area contributed by atoms with Gasteiger partial charge in [-0.15, -0.1) is 0 Å². The maximum atomic E-state index is 13.8. The molecule has 0 saturated carbocycles. The highest BCUT2D eigenvalue weighted by atomic mass is 19.2. The van der Waals surface area contributed by atoms with E-state index in [0.717, 1.165) is 25.5 Å². The molecule has 0 unspecified atom stereocenters. The molecule has 1 N–H and O–H groups in total. The van der Waals surface area contributed by atoms with Gasteiger partial charge in [0.2, 0.25) is 0 Å². The van der Waals surface area contributed by atoms with E-state index in [-0.39, 0.29) is 11.7 Å². The number of imidazole rings is 1. The van der Waals surface area contributed by atoms with E-state index in [2.05, 4.69) is 10.3 Å². The molecule has 1 aromatic heterocycles. The Labute approximate surface area is 108 Å². The summed E-state index contributed by atoms with van der Waals surface area (Å²) < 4.78 is 41.7. The van der Waals surface area contributed by atoms with Crippen LogP contribution in [0.2, 0.25) is 0 Å². The average Bonchev–Trinajstić information content (AvgIpc) is 3.02. The van der Waals surface area contributed by atoms with E-state index in [1.807, 2.05) is 0 Å². The lowest BCUT2D eigenvalue weighted by Crippen LogP contribution is -2.16. The minimum Gasteiger partial charge on any atom is -0.309 e. The third-order valence-electron chi connectivity index (χ3n) is 3.32. The summed E-state index contributed by atoms with van der Waals surface area (Å²) in [7, 11) is 0. The summed E-state index contributed by atoms with van der Waals surface area (Å²) in [5, 5.41) is 3.25. The van der Waals surface area contributed by atoms with Crippen molar-refractivity contribution in [3.8, 4) is 5.69 Å². The van der Waals surface area contributed by atoms with Crippen LogP contribution in [-0.2, 0) is 0 Å². The van der Waals surface area contributed by atoms with Crippen LogP contribution in [0.15, 0.2) is 24.7 Å². The maximum Gasteiger partial charge on any atom is 0.183 e. The van der Waals surface area contributed by atoms with Crippen LogP contribution < -0.4 is 5.32 Å². The van der Waals surface area contributed by atoms with E-state index in [1.54, 1.807) is 6.20 Å². The first kappa shape index (κ1) is 12.2. The fourth-order valence-corrected chi connectivity index (χ4v) is 2.42. The molecule has 3 nitrogen and oxygen atoms in total. The van der Waals surface area contributed by atoms with E-state index in [9.17, 15) is 13.2 Å². The Bertz CT molecular complexity index is 603. The van der Waals surface area contributed by atoms with Crippen LogP contribution in [0.3, 0.4) is 0 Å². The SMILES string of the molecule is Fc1cc(F)c(F)c(-n2cncc2[C@@H]2CCCN2)c1. The highest BCUT2D eigenvalue weighted by Gasteiger charge is 2.22. The van der Waals surface area contributed by atoms with Gasteiger partial charge in [-0.25, -0.2) is 18.2 Å². The molecule has 1 aromatic carbocycles. The molecule has 1 saturated heterocycles. The summed E-state index contributed by atoms with van der Waals surface area (Å²) in [5.74, 6) is -3.08. The summed E-state index contributed by atoms with van der Waals surface area (Å²) >= 11 is 0. The van der Waals surface area contributed by atoms with Gasteiger partial charge >= 0.3 is 0 Å². The molecule has 2 aromatic rings. The Kier molecular flexibility index (Phi) is 3.02. The topological polar surface area (TPSA) is 29.9 Å². The lowest BCUT2D eigenvalue weighted by Gasteiger charge is -2.14. The van der Waals surface area contributed by atoms with E-state index in [1.165, 1.54) is 10.9 Å². The van der Waals surface area contributed by atoms with Crippen molar-refractivity contribution in [1.82, 2.24) is 14.9 Å². The van der Waals surface area contributed by atoms with Gasteiger partial charge in [-0.2, -0.15) is 0 Å². The van der Waals surface area contributed by atoms with Gasteiger partial charge in [0.25, 0.3) is 0 Å². The first-order valence-corrected chi connectivity index (χ1v) is 6.07. The Morgan fingerprint density at radius 3 is 2.84 bits per heavy atom. The van der Waals surface area contributed by atoms with Gasteiger partial charge < -0.3 is 5.32 Å². The largest absolute Gasteiger partial charge is 0.309 e. The molecule has 6 heteroatoms. The predicted octanol–water partition coefficient (Wildman–Crippen LogP) is 2.71. The number of nitrogens with one attached hydrogen (secondary N) is 1. The summed E-state index contributed by atoms with van der Waals surface area (Å²) in [6.07, 6.45) is 4.86. The molecular weight excluding hydrogens is 255 g/mol. The minimum absolute atomic E-state index is 0.0354. The van der Waals surface area contributed by atoms with Gasteiger partial charge in [0.1, 0.15) is 5.82 Å². The standard InChI is InChI=1S/C13H12F3N3/c14-8-4-9(15)13(16)11(5-8)19-7-17-6-12(19)10-2-1-3-18-10/h4-7,10,18H,1-3H2/t10-/m0/s1. The Balaban J connectivity index is 2.10. The van der Waals surface area contributed by atoms with Gasteiger partial charge in [0, 0.05) is 18.2 Å². The highest BCUT2D eigenvalue weighted by molar-refractivity contribution is 5.37. The van der Waals surface area contributed by atoms with E-state index in [4.69, 9.17) is 0 Å². The number of halogens is 3. The lowest BCUT2D eigenvalue weighted by molar-refractivity contribution is 0.488. The van der Waals surface area contributed by atoms with Crippen molar-refractivity contribution < 1.29 is 13.2 Å². The van der Waals surface area contributed by atoms with Gasteiger partial charge in [0.15, 0.2) is 11.6 Å². The number of nitrogens with zero attached hydrogens (tertiary/aromatic N) is 2. The molecule has 1 fully saturated rings. The van der Waals surface area contributed by atoms with Crippen LogP contribution in [0.5, 0.6) is 0 Å². The highest BCUT2D eigenvalue weighted by Crippen LogP contribution is 2.27. The number of hydrogen-bond donors (Lipinski definition) is 1. The van der Waals surface area contributed by atoms with E-state index >= 15 is 0 Å². The number of benzene rings is 1. The molecule has 1 atom stereocenters. The molecule has 0 aliphatic carbocycles. The zero-order valence-electron chi connectivity index (χ0n) is 10.0. The lowest BCUT2D eigenvalue weighted by atomic mass is 10.1. The molecule has 3 rings (SSSR count). The first-order chi connectivity index (χ1) is 9.16. The van der Waals surface area contributed by atoms with Crippen LogP contribution in [0.25, 0.3) is 5.69 Å². The van der Waals surface area contributed by atoms with Crippen LogP contribution in [0.4, 0.5) is 13.2 Å². The van der Waals surface area contributed by atoms with Crippen molar-refractivity contribution in [3.05, 3.63) is 47.8 Å². The zero-order valence-corrected chi connectivity index (χ0v) is 10.0. The number of hydrogen-bond acceptors (Lipinski definition) is 2. The maximum absolute atomic E-state index is 13.8. The molecule has 1 aliphatic heterocycles. The van der Waals surface area contributed by atoms with Gasteiger partial charge in [-0.05, 0) is 19.4 Å². The third kappa shape index (κ3) is 2.12. The van der Waals surface area contributed by atoms with Crippen molar-refractivity contribution in [2.45, 2.75) is 18.9 Å². The van der Waals surface area contributed by atoms with Crippen molar-refractivity contribution >= 4 is 0 Å².